The number of carboxylic acids is 1. The van der Waals surface area contributed by atoms with Gasteiger partial charge in [-0.1, -0.05) is 30.3 Å². The van der Waals surface area contributed by atoms with Gasteiger partial charge in [0.15, 0.2) is 5.03 Å². The van der Waals surface area contributed by atoms with Gasteiger partial charge >= 0.3 is 5.97 Å². The van der Waals surface area contributed by atoms with Crippen LogP contribution in [0.4, 0.5) is 0 Å². The maximum Gasteiger partial charge on any atom is 0.322 e. The lowest BCUT2D eigenvalue weighted by Gasteiger charge is -2.14. The van der Waals surface area contributed by atoms with Crippen LogP contribution in [0.25, 0.3) is 0 Å². The molecule has 0 aliphatic rings. The third-order valence-corrected chi connectivity index (χ3v) is 4.04. The lowest BCUT2D eigenvalue weighted by Crippen LogP contribution is -2.42. The first-order valence-corrected chi connectivity index (χ1v) is 7.26. The number of rotatable bonds is 6. The second-order valence-electron chi connectivity index (χ2n) is 4.12. The molecule has 0 unspecified atom stereocenters. The molecule has 0 amide bonds. The summed E-state index contributed by atoms with van der Waals surface area (Å²) in [6.07, 6.45) is 1.34. The van der Waals surface area contributed by atoms with Crippen LogP contribution in [0, 0.1) is 0 Å². The number of sulfonamides is 1. The zero-order valence-corrected chi connectivity index (χ0v) is 11.2. The van der Waals surface area contributed by atoms with Crippen molar-refractivity contribution in [2.45, 2.75) is 17.5 Å². The van der Waals surface area contributed by atoms with E-state index in [1.165, 1.54) is 12.3 Å². The molecule has 8 heteroatoms. The van der Waals surface area contributed by atoms with Crippen molar-refractivity contribution in [2.75, 3.05) is 0 Å². The highest BCUT2D eigenvalue weighted by Gasteiger charge is 2.26. The van der Waals surface area contributed by atoms with E-state index in [4.69, 9.17) is 5.11 Å². The van der Waals surface area contributed by atoms with Crippen LogP contribution in [0.2, 0.25) is 0 Å². The van der Waals surface area contributed by atoms with E-state index in [0.717, 1.165) is 5.56 Å². The molecule has 1 aromatic carbocycles. The Kier molecular flexibility index (Phi) is 4.16. The van der Waals surface area contributed by atoms with E-state index in [-0.39, 0.29) is 11.4 Å². The summed E-state index contributed by atoms with van der Waals surface area (Å²) < 4.78 is 26.1. The SMILES string of the molecule is O=C(O)[C@H](Cc1ccccc1)NS(=O)(=O)c1ccn[nH]1. The van der Waals surface area contributed by atoms with Crippen molar-refractivity contribution >= 4 is 16.0 Å². The van der Waals surface area contributed by atoms with Crippen LogP contribution in [0.5, 0.6) is 0 Å². The minimum Gasteiger partial charge on any atom is -0.480 e. The Morgan fingerprint density at radius 2 is 2.00 bits per heavy atom. The average Bonchev–Trinajstić information content (AvgIpc) is 2.93. The first-order valence-electron chi connectivity index (χ1n) is 5.77. The minimum atomic E-state index is -3.93. The monoisotopic (exact) mass is 295 g/mol. The van der Waals surface area contributed by atoms with Crippen molar-refractivity contribution in [3.8, 4) is 0 Å². The molecular formula is C12H13N3O4S. The molecule has 1 atom stereocenters. The molecule has 0 bridgehead atoms. The van der Waals surface area contributed by atoms with Crippen molar-refractivity contribution in [1.29, 1.82) is 0 Å². The van der Waals surface area contributed by atoms with Crippen LogP contribution in [0.15, 0.2) is 47.6 Å². The van der Waals surface area contributed by atoms with E-state index in [9.17, 15) is 13.2 Å². The molecular weight excluding hydrogens is 282 g/mol. The fourth-order valence-electron chi connectivity index (χ4n) is 1.67. The third kappa shape index (κ3) is 3.43. The van der Waals surface area contributed by atoms with Gasteiger partial charge < -0.3 is 5.11 Å². The van der Waals surface area contributed by atoms with Crippen molar-refractivity contribution in [2.24, 2.45) is 0 Å². The van der Waals surface area contributed by atoms with Gasteiger partial charge in [0, 0.05) is 0 Å². The van der Waals surface area contributed by atoms with E-state index < -0.39 is 22.0 Å². The van der Waals surface area contributed by atoms with Crippen molar-refractivity contribution in [3.63, 3.8) is 0 Å². The molecule has 0 saturated heterocycles. The van der Waals surface area contributed by atoms with Crippen molar-refractivity contribution < 1.29 is 18.3 Å². The lowest BCUT2D eigenvalue weighted by molar-refractivity contribution is -0.138. The van der Waals surface area contributed by atoms with E-state index in [1.807, 2.05) is 0 Å². The van der Waals surface area contributed by atoms with Gasteiger partial charge in [0.05, 0.1) is 6.20 Å². The van der Waals surface area contributed by atoms with E-state index in [0.29, 0.717) is 0 Å². The van der Waals surface area contributed by atoms with E-state index in [1.54, 1.807) is 30.3 Å². The number of nitrogens with one attached hydrogen (secondary N) is 2. The number of aromatic amines is 1. The zero-order chi connectivity index (χ0) is 14.6. The Hall–Kier alpha value is -2.19. The quantitative estimate of drug-likeness (QED) is 0.713. The number of hydrogen-bond donors (Lipinski definition) is 3. The second kappa shape index (κ2) is 5.85. The fraction of sp³-hybridized carbons (Fsp3) is 0.167. The number of nitrogens with zero attached hydrogens (tertiary/aromatic N) is 1. The van der Waals surface area contributed by atoms with Crippen LogP contribution in [0.3, 0.4) is 0 Å². The summed E-state index contributed by atoms with van der Waals surface area (Å²) in [5.41, 5.74) is 0.729. The summed E-state index contributed by atoms with van der Waals surface area (Å²) >= 11 is 0. The van der Waals surface area contributed by atoms with Gasteiger partial charge in [-0.3, -0.25) is 9.89 Å². The van der Waals surface area contributed by atoms with Crippen molar-refractivity contribution in [3.05, 3.63) is 48.2 Å². The van der Waals surface area contributed by atoms with Crippen LogP contribution in [-0.4, -0.2) is 35.7 Å². The second-order valence-corrected chi connectivity index (χ2v) is 5.81. The van der Waals surface area contributed by atoms with Gasteiger partial charge in [0.1, 0.15) is 6.04 Å². The van der Waals surface area contributed by atoms with Crippen LogP contribution in [-0.2, 0) is 21.2 Å². The number of carbonyl (C=O) groups is 1. The molecule has 20 heavy (non-hydrogen) atoms. The number of H-pyrrole nitrogens is 1. The van der Waals surface area contributed by atoms with Crippen LogP contribution in [0.1, 0.15) is 5.56 Å². The number of benzene rings is 1. The van der Waals surface area contributed by atoms with Gasteiger partial charge in [-0.2, -0.15) is 9.82 Å². The largest absolute Gasteiger partial charge is 0.480 e. The highest BCUT2D eigenvalue weighted by Crippen LogP contribution is 2.08. The normalized spacial score (nSPS) is 13.0. The molecule has 1 aromatic heterocycles. The molecule has 106 valence electrons. The molecule has 0 aliphatic heterocycles. The standard InChI is InChI=1S/C12H13N3O4S/c16-12(17)10(8-9-4-2-1-3-5-9)15-20(18,19)11-6-7-13-14-11/h1-7,10,15H,8H2,(H,13,14)(H,16,17)/t10-/m0/s1. The third-order valence-electron chi connectivity index (χ3n) is 2.64. The highest BCUT2D eigenvalue weighted by atomic mass is 32.2. The average molecular weight is 295 g/mol. The molecule has 0 fully saturated rings. The van der Waals surface area contributed by atoms with E-state index >= 15 is 0 Å². The molecule has 0 spiro atoms. The molecule has 0 radical (unpaired) electrons. The summed E-state index contributed by atoms with van der Waals surface area (Å²) in [6, 6.07) is 8.80. The van der Waals surface area contributed by atoms with Gasteiger partial charge in [-0.05, 0) is 18.1 Å². The Bertz CT molecular complexity index is 668. The Morgan fingerprint density at radius 1 is 1.30 bits per heavy atom. The number of hydrogen-bond acceptors (Lipinski definition) is 4. The van der Waals surface area contributed by atoms with Gasteiger partial charge in [0.2, 0.25) is 0 Å². The molecule has 7 nitrogen and oxygen atoms in total. The molecule has 1 heterocycles. The summed E-state index contributed by atoms with van der Waals surface area (Å²) in [4.78, 5) is 11.2. The summed E-state index contributed by atoms with van der Waals surface area (Å²) in [6.45, 7) is 0. The maximum absolute atomic E-state index is 12.0. The fourth-order valence-corrected chi connectivity index (χ4v) is 2.77. The van der Waals surface area contributed by atoms with Crippen LogP contribution < -0.4 is 4.72 Å². The van der Waals surface area contributed by atoms with Gasteiger partial charge in [-0.25, -0.2) is 8.42 Å². The first-order chi connectivity index (χ1) is 9.49. The number of aromatic nitrogens is 2. The van der Waals surface area contributed by atoms with Gasteiger partial charge in [0.25, 0.3) is 10.0 Å². The summed E-state index contributed by atoms with van der Waals surface area (Å²) in [5, 5.41) is 14.8. The van der Waals surface area contributed by atoms with Gasteiger partial charge in [-0.15, -0.1) is 0 Å². The number of carboxylic acid groups (broad SMARTS) is 1. The summed E-state index contributed by atoms with van der Waals surface area (Å²) in [7, 11) is -3.93. The molecule has 0 aliphatic carbocycles. The molecule has 3 N–H and O–H groups in total. The molecule has 2 rings (SSSR count). The Morgan fingerprint density at radius 3 is 2.55 bits per heavy atom. The maximum atomic E-state index is 12.0. The summed E-state index contributed by atoms with van der Waals surface area (Å²) in [5.74, 6) is -1.24. The molecule has 0 saturated carbocycles. The predicted octanol–water partition coefficient (Wildman–Crippen LogP) is 0.384. The Labute approximate surface area is 115 Å². The lowest BCUT2D eigenvalue weighted by atomic mass is 10.1. The van der Waals surface area contributed by atoms with Crippen molar-refractivity contribution in [1.82, 2.24) is 14.9 Å². The van der Waals surface area contributed by atoms with E-state index in [2.05, 4.69) is 14.9 Å². The Balaban J connectivity index is 2.17. The predicted molar refractivity (Wildman–Crippen MR) is 70.5 cm³/mol. The zero-order valence-electron chi connectivity index (χ0n) is 10.4. The minimum absolute atomic E-state index is 0.0591. The smallest absolute Gasteiger partial charge is 0.322 e. The van der Waals surface area contributed by atoms with Crippen LogP contribution >= 0.6 is 0 Å². The number of aliphatic carboxylic acids is 1. The topological polar surface area (TPSA) is 112 Å². The highest BCUT2D eigenvalue weighted by molar-refractivity contribution is 7.89. The first kappa shape index (κ1) is 14.2. The molecule has 2 aromatic rings.